The Balaban J connectivity index is 3.19. The molecular weight excluding hydrogens is 285 g/mol. The van der Waals surface area contributed by atoms with Gasteiger partial charge >= 0.3 is 0 Å². The van der Waals surface area contributed by atoms with E-state index in [-0.39, 0.29) is 17.3 Å². The Morgan fingerprint density at radius 3 is 2.70 bits per heavy atom. The van der Waals surface area contributed by atoms with Crippen LogP contribution < -0.4 is 5.73 Å². The molecule has 0 bridgehead atoms. The van der Waals surface area contributed by atoms with Gasteiger partial charge < -0.3 is 10.6 Å². The van der Waals surface area contributed by atoms with E-state index in [9.17, 15) is 19.3 Å². The molecule has 1 rings (SSSR count). The second kappa shape index (κ2) is 6.56. The number of hydrogen-bond acceptors (Lipinski definition) is 5. The number of rotatable bonds is 5. The molecule has 6 nitrogen and oxygen atoms in total. The number of carbonyl (C=O) groups is 1. The number of thioether (sulfide) groups is 1. The highest BCUT2D eigenvalue weighted by Crippen LogP contribution is 2.28. The molecule has 0 heterocycles. The number of amides is 1. The van der Waals surface area contributed by atoms with Crippen LogP contribution in [0.4, 0.5) is 15.8 Å². The molecule has 0 spiro atoms. The van der Waals surface area contributed by atoms with E-state index in [1.807, 2.05) is 13.2 Å². The molecule has 1 atom stereocenters. The van der Waals surface area contributed by atoms with Crippen LogP contribution >= 0.6 is 11.8 Å². The number of nitro groups is 1. The summed E-state index contributed by atoms with van der Waals surface area (Å²) in [5, 5.41) is 10.8. The maximum atomic E-state index is 13.4. The van der Waals surface area contributed by atoms with Crippen molar-refractivity contribution in [1.82, 2.24) is 4.90 Å². The van der Waals surface area contributed by atoms with Crippen LogP contribution in [0.1, 0.15) is 17.3 Å². The molecule has 0 aliphatic rings. The van der Waals surface area contributed by atoms with E-state index in [0.29, 0.717) is 11.8 Å². The second-order valence-corrected chi connectivity index (χ2v) is 5.27. The zero-order chi connectivity index (χ0) is 15.4. The fraction of sp³-hybridized carbons (Fsp3) is 0.417. The Morgan fingerprint density at radius 2 is 2.20 bits per heavy atom. The monoisotopic (exact) mass is 301 g/mol. The van der Waals surface area contributed by atoms with E-state index in [1.165, 1.54) is 4.90 Å². The van der Waals surface area contributed by atoms with Crippen LogP contribution in [0.3, 0.4) is 0 Å². The molecule has 0 saturated heterocycles. The Bertz CT molecular complexity index is 539. The molecule has 1 aromatic carbocycles. The highest BCUT2D eigenvalue weighted by atomic mass is 32.2. The van der Waals surface area contributed by atoms with Crippen molar-refractivity contribution >= 4 is 29.0 Å². The van der Waals surface area contributed by atoms with Gasteiger partial charge in [-0.05, 0) is 19.2 Å². The number of nitrogens with zero attached hydrogens (tertiary/aromatic N) is 2. The first-order valence-corrected chi connectivity index (χ1v) is 7.18. The Labute approximate surface area is 120 Å². The molecule has 1 aromatic rings. The van der Waals surface area contributed by atoms with Gasteiger partial charge in [0, 0.05) is 18.8 Å². The van der Waals surface area contributed by atoms with Crippen LogP contribution in [0.25, 0.3) is 0 Å². The average Bonchev–Trinajstić information content (AvgIpc) is 2.39. The minimum atomic E-state index is -0.861. The summed E-state index contributed by atoms with van der Waals surface area (Å²) in [6.45, 7) is 1.83. The summed E-state index contributed by atoms with van der Waals surface area (Å²) in [5.74, 6) is -0.702. The van der Waals surface area contributed by atoms with E-state index in [0.717, 1.165) is 6.07 Å². The van der Waals surface area contributed by atoms with Gasteiger partial charge in [-0.3, -0.25) is 14.9 Å². The quantitative estimate of drug-likeness (QED) is 0.511. The summed E-state index contributed by atoms with van der Waals surface area (Å²) in [5.41, 5.74) is 4.50. The lowest BCUT2D eigenvalue weighted by molar-refractivity contribution is -0.384. The van der Waals surface area contributed by atoms with Gasteiger partial charge in [0.25, 0.3) is 11.6 Å². The summed E-state index contributed by atoms with van der Waals surface area (Å²) in [6, 6.07) is 1.53. The lowest BCUT2D eigenvalue weighted by Crippen LogP contribution is -2.37. The van der Waals surface area contributed by atoms with Gasteiger partial charge in [0.2, 0.25) is 0 Å². The first-order valence-electron chi connectivity index (χ1n) is 5.79. The van der Waals surface area contributed by atoms with Crippen LogP contribution in [0.15, 0.2) is 12.1 Å². The minimum Gasteiger partial charge on any atom is -0.393 e. The first-order chi connectivity index (χ1) is 9.29. The number of nitro benzene ring substituents is 1. The normalized spacial score (nSPS) is 12.0. The number of hydrogen-bond donors (Lipinski definition) is 1. The molecule has 1 unspecified atom stereocenters. The van der Waals surface area contributed by atoms with Crippen molar-refractivity contribution in [2.75, 3.05) is 24.8 Å². The Hall–Kier alpha value is -1.83. The van der Waals surface area contributed by atoms with E-state index >= 15 is 0 Å². The zero-order valence-corrected chi connectivity index (χ0v) is 12.2. The zero-order valence-electron chi connectivity index (χ0n) is 11.4. The Morgan fingerprint density at radius 1 is 1.60 bits per heavy atom. The topological polar surface area (TPSA) is 89.5 Å². The second-order valence-electron chi connectivity index (χ2n) is 4.36. The molecule has 0 aliphatic heterocycles. The molecular formula is C12H16FN3O3S. The largest absolute Gasteiger partial charge is 0.393 e. The number of nitrogen functional groups attached to an aromatic ring is 1. The van der Waals surface area contributed by atoms with E-state index < -0.39 is 22.3 Å². The van der Waals surface area contributed by atoms with Crippen LogP contribution in [0, 0.1) is 15.9 Å². The maximum Gasteiger partial charge on any atom is 0.295 e. The van der Waals surface area contributed by atoms with Gasteiger partial charge in [0.15, 0.2) is 0 Å². The van der Waals surface area contributed by atoms with Crippen LogP contribution in [-0.2, 0) is 0 Å². The van der Waals surface area contributed by atoms with E-state index in [1.54, 1.807) is 18.8 Å². The average molecular weight is 301 g/mol. The highest BCUT2D eigenvalue weighted by Gasteiger charge is 2.25. The van der Waals surface area contributed by atoms with Crippen molar-refractivity contribution in [1.29, 1.82) is 0 Å². The van der Waals surface area contributed by atoms with Crippen molar-refractivity contribution < 1.29 is 14.1 Å². The van der Waals surface area contributed by atoms with Gasteiger partial charge in [-0.25, -0.2) is 4.39 Å². The molecule has 20 heavy (non-hydrogen) atoms. The molecule has 0 saturated carbocycles. The number of benzene rings is 1. The van der Waals surface area contributed by atoms with Crippen LogP contribution in [0.2, 0.25) is 0 Å². The van der Waals surface area contributed by atoms with Crippen LogP contribution in [0.5, 0.6) is 0 Å². The van der Waals surface area contributed by atoms with Crippen molar-refractivity contribution in [3.8, 4) is 0 Å². The molecule has 110 valence electrons. The van der Waals surface area contributed by atoms with E-state index in [4.69, 9.17) is 5.73 Å². The summed E-state index contributed by atoms with van der Waals surface area (Å²) in [7, 11) is 1.55. The molecule has 2 N–H and O–H groups in total. The molecule has 0 radical (unpaired) electrons. The predicted molar refractivity (Wildman–Crippen MR) is 77.4 cm³/mol. The maximum absolute atomic E-state index is 13.4. The summed E-state index contributed by atoms with van der Waals surface area (Å²) < 4.78 is 13.4. The van der Waals surface area contributed by atoms with Gasteiger partial charge in [-0.1, -0.05) is 0 Å². The summed E-state index contributed by atoms with van der Waals surface area (Å²) in [6.07, 6.45) is 1.90. The fourth-order valence-electron chi connectivity index (χ4n) is 1.67. The van der Waals surface area contributed by atoms with Gasteiger partial charge in [-0.15, -0.1) is 0 Å². The predicted octanol–water partition coefficient (Wildman–Crippen LogP) is 2.14. The molecule has 8 heteroatoms. The SMILES string of the molecule is CSCC(C)N(C)C(=O)c1cc(F)cc([N+](=O)[O-])c1N. The molecule has 0 fully saturated rings. The standard InChI is InChI=1S/C12H16FN3O3S/c1-7(6-20-3)15(2)12(17)9-4-8(13)5-10(11(9)14)16(18)19/h4-5,7H,6,14H2,1-3H3. The molecule has 1 amide bonds. The summed E-state index contributed by atoms with van der Waals surface area (Å²) >= 11 is 1.56. The van der Waals surface area contributed by atoms with E-state index in [2.05, 4.69) is 0 Å². The smallest absolute Gasteiger partial charge is 0.295 e. The first kappa shape index (κ1) is 16.2. The lowest BCUT2D eigenvalue weighted by atomic mass is 10.1. The number of nitrogens with two attached hydrogens (primary N) is 1. The number of carbonyl (C=O) groups excluding carboxylic acids is 1. The van der Waals surface area contributed by atoms with Gasteiger partial charge in [0.05, 0.1) is 16.6 Å². The Kier molecular flexibility index (Phi) is 5.32. The fourth-order valence-corrected chi connectivity index (χ4v) is 2.38. The van der Waals surface area contributed by atoms with Crippen molar-refractivity contribution in [2.45, 2.75) is 13.0 Å². The van der Waals surface area contributed by atoms with Crippen molar-refractivity contribution in [2.24, 2.45) is 0 Å². The van der Waals surface area contributed by atoms with Crippen molar-refractivity contribution in [3.63, 3.8) is 0 Å². The number of anilines is 1. The minimum absolute atomic E-state index is 0.0979. The van der Waals surface area contributed by atoms with Gasteiger partial charge in [0.1, 0.15) is 11.5 Å². The van der Waals surface area contributed by atoms with Crippen LogP contribution in [-0.4, -0.2) is 40.8 Å². The van der Waals surface area contributed by atoms with Crippen molar-refractivity contribution in [3.05, 3.63) is 33.6 Å². The lowest BCUT2D eigenvalue weighted by Gasteiger charge is -2.24. The summed E-state index contributed by atoms with van der Waals surface area (Å²) in [4.78, 5) is 23.6. The van der Waals surface area contributed by atoms with Gasteiger partial charge in [-0.2, -0.15) is 11.8 Å². The molecule has 0 aromatic heterocycles. The third-order valence-corrected chi connectivity index (χ3v) is 3.76. The third kappa shape index (κ3) is 3.38. The third-order valence-electron chi connectivity index (χ3n) is 2.94. The highest BCUT2D eigenvalue weighted by molar-refractivity contribution is 7.98. The molecule has 0 aliphatic carbocycles. The number of halogens is 1.